The number of aliphatic carboxylic acids is 1. The van der Waals surface area contributed by atoms with Crippen LogP contribution in [0.1, 0.15) is 29.2 Å². The first kappa shape index (κ1) is 18.4. The lowest BCUT2D eigenvalue weighted by atomic mass is 10.1. The standard InChI is InChI=1S/C21H21N3O4S/c25-20(26)21(12-17(21)14-6-2-1-3-7-14)23-29(27,28)24-11-10-16-15-8-4-5-9-18(15)22-19(16)13-24/h1-9,17,22-23H,10-13H2,(H,25,26)/t17-,21?/m0/s1. The average molecular weight is 411 g/mol. The Balaban J connectivity index is 1.40. The summed E-state index contributed by atoms with van der Waals surface area (Å²) in [5.74, 6) is -1.51. The van der Waals surface area contributed by atoms with Gasteiger partial charge in [-0.1, -0.05) is 48.5 Å². The number of carboxylic acids is 1. The van der Waals surface area contributed by atoms with Gasteiger partial charge in [-0.15, -0.1) is 0 Å². The van der Waals surface area contributed by atoms with Gasteiger partial charge in [0.25, 0.3) is 10.2 Å². The van der Waals surface area contributed by atoms with E-state index in [0.717, 1.165) is 27.7 Å². The molecule has 0 spiro atoms. The highest BCUT2D eigenvalue weighted by Gasteiger charge is 2.63. The van der Waals surface area contributed by atoms with E-state index in [4.69, 9.17) is 0 Å². The number of benzene rings is 2. The lowest BCUT2D eigenvalue weighted by Crippen LogP contribution is -2.51. The maximum atomic E-state index is 13.1. The van der Waals surface area contributed by atoms with Crippen molar-refractivity contribution in [3.63, 3.8) is 0 Å². The molecule has 3 N–H and O–H groups in total. The summed E-state index contributed by atoms with van der Waals surface area (Å²) in [6.45, 7) is 0.515. The normalized spacial score (nSPS) is 24.3. The van der Waals surface area contributed by atoms with Crippen LogP contribution < -0.4 is 4.72 Å². The van der Waals surface area contributed by atoms with Gasteiger partial charge >= 0.3 is 5.97 Å². The van der Waals surface area contributed by atoms with Gasteiger partial charge in [-0.05, 0) is 30.0 Å². The molecule has 29 heavy (non-hydrogen) atoms. The summed E-state index contributed by atoms with van der Waals surface area (Å²) < 4.78 is 30.0. The van der Waals surface area contributed by atoms with Crippen LogP contribution in [0.25, 0.3) is 10.9 Å². The number of aromatic nitrogens is 1. The van der Waals surface area contributed by atoms with Crippen molar-refractivity contribution in [2.45, 2.75) is 30.8 Å². The molecule has 5 rings (SSSR count). The van der Waals surface area contributed by atoms with Crippen LogP contribution in [0.3, 0.4) is 0 Å². The topological polar surface area (TPSA) is 102 Å². The fraction of sp³-hybridized carbons (Fsp3) is 0.286. The minimum atomic E-state index is -3.96. The molecule has 0 radical (unpaired) electrons. The van der Waals surface area contributed by atoms with Gasteiger partial charge in [-0.3, -0.25) is 4.79 Å². The highest BCUT2D eigenvalue weighted by atomic mass is 32.2. The summed E-state index contributed by atoms with van der Waals surface area (Å²) in [5, 5.41) is 10.9. The largest absolute Gasteiger partial charge is 0.480 e. The highest BCUT2D eigenvalue weighted by Crippen LogP contribution is 2.52. The fourth-order valence-electron chi connectivity index (χ4n) is 4.41. The summed E-state index contributed by atoms with van der Waals surface area (Å²) in [4.78, 5) is 15.3. The molecular weight excluding hydrogens is 390 g/mol. The van der Waals surface area contributed by atoms with Crippen molar-refractivity contribution < 1.29 is 18.3 Å². The van der Waals surface area contributed by atoms with E-state index >= 15 is 0 Å². The Hall–Kier alpha value is -2.68. The molecule has 150 valence electrons. The molecule has 3 aromatic rings. The van der Waals surface area contributed by atoms with E-state index in [1.54, 1.807) is 0 Å². The SMILES string of the molecule is O=C(O)C1(NS(=O)(=O)N2CCc3c([nH]c4ccccc34)C2)C[C@H]1c1ccccc1. The minimum Gasteiger partial charge on any atom is -0.480 e. The minimum absolute atomic E-state index is 0.199. The van der Waals surface area contributed by atoms with E-state index in [-0.39, 0.29) is 18.9 Å². The third-order valence-electron chi connectivity index (χ3n) is 6.04. The monoisotopic (exact) mass is 411 g/mol. The first-order valence-electron chi connectivity index (χ1n) is 9.56. The Kier molecular flexibility index (Phi) is 4.06. The van der Waals surface area contributed by atoms with Crippen LogP contribution in [0.5, 0.6) is 0 Å². The van der Waals surface area contributed by atoms with Gasteiger partial charge in [0, 0.05) is 29.1 Å². The zero-order valence-corrected chi connectivity index (χ0v) is 16.4. The number of aromatic amines is 1. The lowest BCUT2D eigenvalue weighted by Gasteiger charge is -2.28. The number of para-hydroxylation sites is 1. The van der Waals surface area contributed by atoms with Crippen molar-refractivity contribution in [3.8, 4) is 0 Å². The predicted octanol–water partition coefficient (Wildman–Crippen LogP) is 2.37. The van der Waals surface area contributed by atoms with E-state index in [9.17, 15) is 18.3 Å². The van der Waals surface area contributed by atoms with Crippen molar-refractivity contribution in [1.82, 2.24) is 14.0 Å². The second-order valence-corrected chi connectivity index (χ2v) is 9.43. The average Bonchev–Trinajstić information content (AvgIpc) is 3.32. The van der Waals surface area contributed by atoms with E-state index < -0.39 is 21.7 Å². The summed E-state index contributed by atoms with van der Waals surface area (Å²) in [6, 6.07) is 17.1. The molecule has 1 unspecified atom stereocenters. The van der Waals surface area contributed by atoms with E-state index in [1.807, 2.05) is 54.6 Å². The number of rotatable bonds is 5. The molecule has 1 aromatic heterocycles. The van der Waals surface area contributed by atoms with Gasteiger partial charge in [0.05, 0.1) is 6.54 Å². The van der Waals surface area contributed by atoms with Crippen molar-refractivity contribution in [1.29, 1.82) is 0 Å². The van der Waals surface area contributed by atoms with Gasteiger partial charge in [-0.25, -0.2) is 0 Å². The second kappa shape index (κ2) is 6.41. The Morgan fingerprint density at radius 2 is 1.86 bits per heavy atom. The molecule has 0 saturated heterocycles. The molecule has 2 atom stereocenters. The Morgan fingerprint density at radius 1 is 1.14 bits per heavy atom. The molecule has 0 amide bonds. The molecule has 2 aromatic carbocycles. The van der Waals surface area contributed by atoms with Crippen molar-refractivity contribution >= 4 is 27.1 Å². The quantitative estimate of drug-likeness (QED) is 0.600. The smallest absolute Gasteiger partial charge is 0.325 e. The zero-order chi connectivity index (χ0) is 20.2. The maximum absolute atomic E-state index is 13.1. The number of nitrogens with one attached hydrogen (secondary N) is 2. The third-order valence-corrected chi connectivity index (χ3v) is 7.66. The molecule has 0 bridgehead atoms. The van der Waals surface area contributed by atoms with Crippen LogP contribution in [0.2, 0.25) is 0 Å². The van der Waals surface area contributed by atoms with Crippen LogP contribution in [0.15, 0.2) is 54.6 Å². The van der Waals surface area contributed by atoms with Gasteiger partial charge in [0.2, 0.25) is 0 Å². The van der Waals surface area contributed by atoms with Crippen molar-refractivity contribution in [2.75, 3.05) is 6.54 Å². The molecule has 8 heteroatoms. The van der Waals surface area contributed by atoms with Crippen molar-refractivity contribution in [3.05, 3.63) is 71.4 Å². The number of H-pyrrole nitrogens is 1. The predicted molar refractivity (Wildman–Crippen MR) is 109 cm³/mol. The molecule has 7 nitrogen and oxygen atoms in total. The van der Waals surface area contributed by atoms with Crippen LogP contribution in [0.4, 0.5) is 0 Å². The molecule has 1 aliphatic carbocycles. The number of carbonyl (C=O) groups is 1. The molecule has 1 aliphatic heterocycles. The molecule has 2 aliphatic rings. The van der Waals surface area contributed by atoms with E-state index in [2.05, 4.69) is 9.71 Å². The van der Waals surface area contributed by atoms with E-state index in [1.165, 1.54) is 4.31 Å². The maximum Gasteiger partial charge on any atom is 0.325 e. The molecular formula is C21H21N3O4S. The van der Waals surface area contributed by atoms with Gasteiger partial charge in [-0.2, -0.15) is 17.4 Å². The van der Waals surface area contributed by atoms with Crippen LogP contribution in [-0.2, 0) is 28.0 Å². The second-order valence-electron chi connectivity index (χ2n) is 7.76. The summed E-state index contributed by atoms with van der Waals surface area (Å²) in [6.07, 6.45) is 0.833. The molecule has 1 saturated carbocycles. The van der Waals surface area contributed by atoms with Crippen LogP contribution >= 0.6 is 0 Å². The first-order valence-corrected chi connectivity index (χ1v) is 11.0. The van der Waals surface area contributed by atoms with Crippen LogP contribution in [-0.4, -0.2) is 40.9 Å². The van der Waals surface area contributed by atoms with Gasteiger partial charge in [0.15, 0.2) is 0 Å². The van der Waals surface area contributed by atoms with E-state index in [0.29, 0.717) is 13.0 Å². The zero-order valence-electron chi connectivity index (χ0n) is 15.6. The summed E-state index contributed by atoms with van der Waals surface area (Å²) in [7, 11) is -3.96. The van der Waals surface area contributed by atoms with Gasteiger partial charge < -0.3 is 10.1 Å². The number of hydrogen-bond acceptors (Lipinski definition) is 3. The number of nitrogens with zero attached hydrogens (tertiary/aromatic N) is 1. The lowest BCUT2D eigenvalue weighted by molar-refractivity contribution is -0.140. The highest BCUT2D eigenvalue weighted by molar-refractivity contribution is 7.87. The van der Waals surface area contributed by atoms with Crippen LogP contribution in [0, 0.1) is 0 Å². The Bertz CT molecular complexity index is 1210. The summed E-state index contributed by atoms with van der Waals surface area (Å²) >= 11 is 0. The number of carboxylic acid groups (broad SMARTS) is 1. The van der Waals surface area contributed by atoms with Crippen molar-refractivity contribution in [2.24, 2.45) is 0 Å². The fourth-order valence-corrected chi connectivity index (χ4v) is 5.94. The third kappa shape index (κ3) is 2.95. The number of hydrogen-bond donors (Lipinski definition) is 3. The Labute approximate surface area is 168 Å². The Morgan fingerprint density at radius 3 is 2.62 bits per heavy atom. The summed E-state index contributed by atoms with van der Waals surface area (Å²) in [5.41, 5.74) is 2.32. The van der Waals surface area contributed by atoms with Gasteiger partial charge in [0.1, 0.15) is 5.54 Å². The molecule has 2 heterocycles. The number of fused-ring (bicyclic) bond motifs is 3. The molecule has 1 fully saturated rings. The first-order chi connectivity index (χ1) is 13.9.